The van der Waals surface area contributed by atoms with Crippen LogP contribution in [-0.4, -0.2) is 51.8 Å². The number of nitrogens with zero attached hydrogens (tertiary/aromatic N) is 3. The minimum absolute atomic E-state index is 0.187. The molecule has 1 aromatic carbocycles. The largest absolute Gasteiger partial charge is 0.366 e. The van der Waals surface area contributed by atoms with Crippen LogP contribution in [0.2, 0.25) is 0 Å². The Morgan fingerprint density at radius 3 is 2.55 bits per heavy atom. The van der Waals surface area contributed by atoms with Gasteiger partial charge in [0.1, 0.15) is 6.04 Å². The molecule has 2 N–H and O–H groups in total. The summed E-state index contributed by atoms with van der Waals surface area (Å²) < 4.78 is 0. The van der Waals surface area contributed by atoms with Crippen molar-refractivity contribution in [3.8, 4) is 0 Å². The van der Waals surface area contributed by atoms with Crippen LogP contribution in [0.15, 0.2) is 66.6 Å². The van der Waals surface area contributed by atoms with Crippen LogP contribution in [0.3, 0.4) is 0 Å². The highest BCUT2D eigenvalue weighted by Gasteiger charge is 2.49. The quantitative estimate of drug-likeness (QED) is 0.794. The fourth-order valence-electron chi connectivity index (χ4n) is 3.63. The van der Waals surface area contributed by atoms with E-state index in [2.05, 4.69) is 15.6 Å². The van der Waals surface area contributed by atoms with E-state index in [1.165, 1.54) is 4.90 Å². The molecule has 29 heavy (non-hydrogen) atoms. The topological polar surface area (TPSA) is 94.6 Å². The standard InChI is InChI=1S/C21H21N5O3/c1-25-13-16(19(27)23-11-14-7-9-22-10-8-14)17-18(25)20(28)26(21(29)24-17)12-15-5-3-2-4-6-15/h2-10,13,17-18H,11-12H2,1H3,(H,23,27)(H,24,29). The Morgan fingerprint density at radius 1 is 1.10 bits per heavy atom. The number of pyridine rings is 1. The molecule has 1 aromatic heterocycles. The number of aromatic nitrogens is 1. The van der Waals surface area contributed by atoms with E-state index in [1.54, 1.807) is 30.5 Å². The molecule has 148 valence electrons. The second-order valence-electron chi connectivity index (χ2n) is 7.07. The lowest BCUT2D eigenvalue weighted by Gasteiger charge is -2.37. The first-order chi connectivity index (χ1) is 14.0. The molecular weight excluding hydrogens is 370 g/mol. The molecule has 8 heteroatoms. The number of amides is 4. The maximum absolute atomic E-state index is 13.0. The number of benzene rings is 1. The van der Waals surface area contributed by atoms with Crippen molar-refractivity contribution in [3.05, 3.63) is 77.8 Å². The van der Waals surface area contributed by atoms with Crippen molar-refractivity contribution >= 4 is 17.8 Å². The average molecular weight is 391 g/mol. The van der Waals surface area contributed by atoms with Crippen LogP contribution >= 0.6 is 0 Å². The van der Waals surface area contributed by atoms with Crippen molar-refractivity contribution < 1.29 is 14.4 Å². The molecule has 4 amide bonds. The van der Waals surface area contributed by atoms with Gasteiger partial charge in [0.05, 0.1) is 18.2 Å². The summed E-state index contributed by atoms with van der Waals surface area (Å²) >= 11 is 0. The van der Waals surface area contributed by atoms with E-state index >= 15 is 0 Å². The Morgan fingerprint density at radius 2 is 1.83 bits per heavy atom. The molecular formula is C21H21N5O3. The van der Waals surface area contributed by atoms with Gasteiger partial charge in [0, 0.05) is 32.2 Å². The van der Waals surface area contributed by atoms with E-state index in [4.69, 9.17) is 0 Å². The molecule has 8 nitrogen and oxygen atoms in total. The van der Waals surface area contributed by atoms with Gasteiger partial charge in [0.25, 0.3) is 11.8 Å². The number of imide groups is 1. The third kappa shape index (κ3) is 3.69. The molecule has 0 bridgehead atoms. The molecule has 2 aromatic rings. The van der Waals surface area contributed by atoms with E-state index in [0.717, 1.165) is 11.1 Å². The molecule has 0 aliphatic carbocycles. The Balaban J connectivity index is 1.46. The first-order valence-electron chi connectivity index (χ1n) is 9.31. The monoisotopic (exact) mass is 391 g/mol. The highest BCUT2D eigenvalue weighted by Crippen LogP contribution is 2.27. The Hall–Kier alpha value is -3.68. The number of carbonyl (C=O) groups excluding carboxylic acids is 3. The molecule has 1 fully saturated rings. The zero-order valence-electron chi connectivity index (χ0n) is 15.9. The Labute approximate surface area is 168 Å². The van der Waals surface area contributed by atoms with E-state index in [9.17, 15) is 14.4 Å². The summed E-state index contributed by atoms with van der Waals surface area (Å²) in [4.78, 5) is 45.2. The third-order valence-electron chi connectivity index (χ3n) is 5.12. The molecule has 2 aliphatic rings. The zero-order chi connectivity index (χ0) is 20.4. The van der Waals surface area contributed by atoms with Gasteiger partial charge in [-0.3, -0.25) is 19.5 Å². The van der Waals surface area contributed by atoms with Crippen LogP contribution < -0.4 is 10.6 Å². The Bertz CT molecular complexity index is 961. The summed E-state index contributed by atoms with van der Waals surface area (Å²) in [5.74, 6) is -0.635. The maximum atomic E-state index is 13.0. The fourth-order valence-corrected chi connectivity index (χ4v) is 3.63. The van der Waals surface area contributed by atoms with Crippen LogP contribution in [0.1, 0.15) is 11.1 Å². The van der Waals surface area contributed by atoms with E-state index in [1.807, 2.05) is 42.5 Å². The van der Waals surface area contributed by atoms with Gasteiger partial charge in [-0.1, -0.05) is 30.3 Å². The minimum Gasteiger partial charge on any atom is -0.366 e. The van der Waals surface area contributed by atoms with Gasteiger partial charge >= 0.3 is 6.03 Å². The van der Waals surface area contributed by atoms with Gasteiger partial charge in [0.15, 0.2) is 0 Å². The lowest BCUT2D eigenvalue weighted by atomic mass is 9.99. The average Bonchev–Trinajstić information content (AvgIpc) is 3.07. The van der Waals surface area contributed by atoms with E-state index in [0.29, 0.717) is 12.1 Å². The summed E-state index contributed by atoms with van der Waals surface area (Å²) in [5, 5.41) is 5.66. The second kappa shape index (κ2) is 7.75. The molecule has 0 radical (unpaired) electrons. The van der Waals surface area contributed by atoms with Gasteiger partial charge in [0.2, 0.25) is 0 Å². The molecule has 0 saturated carbocycles. The van der Waals surface area contributed by atoms with Gasteiger partial charge in [-0.05, 0) is 23.3 Å². The number of hydrogen-bond donors (Lipinski definition) is 2. The number of likely N-dealkylation sites (N-methyl/N-ethyl adjacent to an activating group) is 1. The van der Waals surface area contributed by atoms with Crippen molar-refractivity contribution in [2.24, 2.45) is 0 Å². The summed E-state index contributed by atoms with van der Waals surface area (Å²) in [7, 11) is 1.73. The molecule has 2 atom stereocenters. The van der Waals surface area contributed by atoms with Gasteiger partial charge in [-0.2, -0.15) is 0 Å². The van der Waals surface area contributed by atoms with Crippen LogP contribution in [0, 0.1) is 0 Å². The van der Waals surface area contributed by atoms with Crippen molar-refractivity contribution in [3.63, 3.8) is 0 Å². The van der Waals surface area contributed by atoms with Crippen molar-refractivity contribution in [1.29, 1.82) is 0 Å². The van der Waals surface area contributed by atoms with Crippen molar-refractivity contribution in [1.82, 2.24) is 25.4 Å². The SMILES string of the molecule is CN1C=C(C(=O)NCc2ccncc2)C2NC(=O)N(Cc3ccccc3)C(=O)C21. The van der Waals surface area contributed by atoms with Crippen LogP contribution in [0.5, 0.6) is 0 Å². The van der Waals surface area contributed by atoms with Crippen LogP contribution in [0.4, 0.5) is 4.79 Å². The summed E-state index contributed by atoms with van der Waals surface area (Å²) in [6.45, 7) is 0.522. The first-order valence-corrected chi connectivity index (χ1v) is 9.31. The highest BCUT2D eigenvalue weighted by atomic mass is 16.2. The summed E-state index contributed by atoms with van der Waals surface area (Å²) in [5.41, 5.74) is 2.14. The maximum Gasteiger partial charge on any atom is 0.325 e. The molecule has 1 saturated heterocycles. The number of hydrogen-bond acceptors (Lipinski definition) is 5. The van der Waals surface area contributed by atoms with Crippen molar-refractivity contribution in [2.75, 3.05) is 7.05 Å². The molecule has 3 heterocycles. The van der Waals surface area contributed by atoms with Crippen LogP contribution in [0.25, 0.3) is 0 Å². The molecule has 2 aliphatic heterocycles. The minimum atomic E-state index is -0.676. The lowest BCUT2D eigenvalue weighted by molar-refractivity contribution is -0.135. The van der Waals surface area contributed by atoms with Gasteiger partial charge < -0.3 is 15.5 Å². The normalized spacial score (nSPS) is 20.8. The lowest BCUT2D eigenvalue weighted by Crippen LogP contribution is -2.64. The predicted octanol–water partition coefficient (Wildman–Crippen LogP) is 1.02. The molecule has 2 unspecified atom stereocenters. The molecule has 4 rings (SSSR count). The smallest absolute Gasteiger partial charge is 0.325 e. The number of fused-ring (bicyclic) bond motifs is 1. The summed E-state index contributed by atoms with van der Waals surface area (Å²) in [6.07, 6.45) is 4.93. The number of urea groups is 1. The third-order valence-corrected chi connectivity index (χ3v) is 5.12. The first kappa shape index (κ1) is 18.7. The zero-order valence-corrected chi connectivity index (χ0v) is 15.9. The Kier molecular flexibility index (Phi) is 4.99. The number of rotatable bonds is 5. The van der Waals surface area contributed by atoms with Gasteiger partial charge in [-0.15, -0.1) is 0 Å². The fraction of sp³-hybridized carbons (Fsp3) is 0.238. The van der Waals surface area contributed by atoms with Crippen LogP contribution in [-0.2, 0) is 22.7 Å². The van der Waals surface area contributed by atoms with E-state index < -0.39 is 18.1 Å². The van der Waals surface area contributed by atoms with Gasteiger partial charge in [-0.25, -0.2) is 4.79 Å². The number of carbonyl (C=O) groups is 3. The summed E-state index contributed by atoms with van der Waals surface area (Å²) in [6, 6.07) is 11.1. The second-order valence-corrected chi connectivity index (χ2v) is 7.07. The molecule has 0 spiro atoms. The predicted molar refractivity (Wildman–Crippen MR) is 105 cm³/mol. The highest BCUT2D eigenvalue weighted by molar-refractivity contribution is 6.05. The van der Waals surface area contributed by atoms with E-state index in [-0.39, 0.29) is 18.4 Å². The number of nitrogens with one attached hydrogen (secondary N) is 2. The van der Waals surface area contributed by atoms with Crippen molar-refractivity contribution in [2.45, 2.75) is 25.2 Å².